The van der Waals surface area contributed by atoms with Gasteiger partial charge in [0, 0.05) is 6.42 Å². The maximum Gasteiger partial charge on any atom is 0.243 e. The fourth-order valence-corrected chi connectivity index (χ4v) is 4.39. The summed E-state index contributed by atoms with van der Waals surface area (Å²) in [5.74, 6) is 1.10. The van der Waals surface area contributed by atoms with E-state index in [0.717, 1.165) is 56.6 Å². The number of carbonyl (C=O) groups is 1. The summed E-state index contributed by atoms with van der Waals surface area (Å²) in [6.07, 6.45) is 7.24. The van der Waals surface area contributed by atoms with Gasteiger partial charge in [-0.25, -0.2) is 5.48 Å². The predicted molar refractivity (Wildman–Crippen MR) is 108 cm³/mol. The van der Waals surface area contributed by atoms with Crippen molar-refractivity contribution in [2.75, 3.05) is 26.7 Å². The number of nitrogens with one attached hydrogen (secondary N) is 1. The minimum atomic E-state index is -0.529. The van der Waals surface area contributed by atoms with E-state index < -0.39 is 5.41 Å². The molecule has 2 fully saturated rings. The zero-order chi connectivity index (χ0) is 20.7. The molecule has 7 heteroatoms. The number of rotatable bonds is 8. The van der Waals surface area contributed by atoms with Crippen LogP contribution in [-0.2, 0) is 10.2 Å². The van der Waals surface area contributed by atoms with Crippen molar-refractivity contribution in [3.8, 4) is 17.6 Å². The third-order valence-electron chi connectivity index (χ3n) is 6.24. The molecule has 1 aliphatic heterocycles. The van der Waals surface area contributed by atoms with Gasteiger partial charge in [0.05, 0.1) is 24.7 Å². The van der Waals surface area contributed by atoms with Gasteiger partial charge in [-0.3, -0.25) is 10.0 Å². The Morgan fingerprint density at radius 2 is 2.03 bits per heavy atom. The first-order valence-electron chi connectivity index (χ1n) is 10.5. The van der Waals surface area contributed by atoms with Gasteiger partial charge < -0.3 is 14.4 Å². The zero-order valence-corrected chi connectivity index (χ0v) is 17.2. The van der Waals surface area contributed by atoms with Gasteiger partial charge in [-0.1, -0.05) is 6.07 Å². The highest BCUT2D eigenvalue weighted by Gasteiger charge is 2.37. The molecule has 1 heterocycles. The lowest BCUT2D eigenvalue weighted by Gasteiger charge is -2.38. The second kappa shape index (κ2) is 9.95. The van der Waals surface area contributed by atoms with Crippen molar-refractivity contribution in [1.29, 1.82) is 5.26 Å². The molecule has 1 aromatic rings. The molecule has 3 rings (SSSR count). The number of methoxy groups -OCH3 is 1. The predicted octanol–water partition coefficient (Wildman–Crippen LogP) is 3.16. The van der Waals surface area contributed by atoms with Gasteiger partial charge in [0.1, 0.15) is 0 Å². The summed E-state index contributed by atoms with van der Waals surface area (Å²) in [6.45, 7) is 2.39. The third kappa shape index (κ3) is 5.20. The molecule has 1 aromatic carbocycles. The number of amides is 1. The van der Waals surface area contributed by atoms with Crippen LogP contribution in [0.1, 0.15) is 56.9 Å². The normalized spacial score (nSPS) is 19.5. The molecule has 1 aliphatic carbocycles. The van der Waals surface area contributed by atoms with Gasteiger partial charge in [-0.15, -0.1) is 0 Å². The Bertz CT molecular complexity index is 732. The first kappa shape index (κ1) is 21.4. The summed E-state index contributed by atoms with van der Waals surface area (Å²) in [4.78, 5) is 13.4. The number of carbonyl (C=O) groups excluding carboxylic acids is 1. The Labute approximate surface area is 172 Å². The summed E-state index contributed by atoms with van der Waals surface area (Å²) >= 11 is 0. The molecule has 158 valence electrons. The molecule has 0 atom stereocenters. The molecule has 29 heavy (non-hydrogen) atoms. The lowest BCUT2D eigenvalue weighted by Crippen LogP contribution is -2.42. The van der Waals surface area contributed by atoms with Crippen LogP contribution in [-0.4, -0.2) is 48.9 Å². The van der Waals surface area contributed by atoms with Crippen LogP contribution in [0.5, 0.6) is 11.5 Å². The van der Waals surface area contributed by atoms with E-state index in [1.807, 2.05) is 18.2 Å². The van der Waals surface area contributed by atoms with Crippen molar-refractivity contribution >= 4 is 5.91 Å². The maximum atomic E-state index is 11.2. The third-order valence-corrected chi connectivity index (χ3v) is 6.24. The number of ether oxygens (including phenoxy) is 2. The van der Waals surface area contributed by atoms with Crippen molar-refractivity contribution < 1.29 is 19.5 Å². The van der Waals surface area contributed by atoms with Crippen molar-refractivity contribution in [2.24, 2.45) is 0 Å². The van der Waals surface area contributed by atoms with Gasteiger partial charge in [0.15, 0.2) is 11.5 Å². The Hall–Kier alpha value is -2.30. The van der Waals surface area contributed by atoms with E-state index in [4.69, 9.17) is 14.7 Å². The molecule has 2 aliphatic rings. The van der Waals surface area contributed by atoms with Crippen LogP contribution in [0.3, 0.4) is 0 Å². The van der Waals surface area contributed by atoms with E-state index in [1.165, 1.54) is 12.8 Å². The number of nitriles is 1. The average molecular weight is 402 g/mol. The highest BCUT2D eigenvalue weighted by atomic mass is 16.5. The molecule has 1 saturated heterocycles. The highest BCUT2D eigenvalue weighted by Crippen LogP contribution is 2.40. The molecule has 1 saturated carbocycles. The Kier molecular flexibility index (Phi) is 7.34. The van der Waals surface area contributed by atoms with Gasteiger partial charge in [-0.05, 0) is 82.3 Å². The fourth-order valence-electron chi connectivity index (χ4n) is 4.39. The Morgan fingerprint density at radius 1 is 1.31 bits per heavy atom. The minimum Gasteiger partial charge on any atom is -0.493 e. The Balaban J connectivity index is 1.66. The summed E-state index contributed by atoms with van der Waals surface area (Å²) in [5.41, 5.74) is 2.13. The SMILES string of the molecule is COc1ccc(C2(C#N)CCN(CCCC(=O)NO)CC2)cc1OC1CCCC1. The summed E-state index contributed by atoms with van der Waals surface area (Å²) in [7, 11) is 1.64. The molecule has 0 radical (unpaired) electrons. The monoisotopic (exact) mass is 401 g/mol. The van der Waals surface area contributed by atoms with E-state index in [9.17, 15) is 10.1 Å². The lowest BCUT2D eigenvalue weighted by molar-refractivity contribution is -0.129. The van der Waals surface area contributed by atoms with Gasteiger partial charge in [0.25, 0.3) is 0 Å². The topological polar surface area (TPSA) is 94.8 Å². The molecule has 7 nitrogen and oxygen atoms in total. The van der Waals surface area contributed by atoms with Crippen LogP contribution in [0.2, 0.25) is 0 Å². The van der Waals surface area contributed by atoms with Gasteiger partial charge in [-0.2, -0.15) is 5.26 Å². The van der Waals surface area contributed by atoms with E-state index in [-0.39, 0.29) is 12.0 Å². The van der Waals surface area contributed by atoms with Crippen LogP contribution in [0.4, 0.5) is 0 Å². The van der Waals surface area contributed by atoms with Gasteiger partial charge >= 0.3 is 0 Å². The Morgan fingerprint density at radius 3 is 2.66 bits per heavy atom. The van der Waals surface area contributed by atoms with Crippen molar-refractivity contribution in [3.63, 3.8) is 0 Å². The summed E-state index contributed by atoms with van der Waals surface area (Å²) in [5, 5.41) is 18.6. The lowest BCUT2D eigenvalue weighted by atomic mass is 9.74. The molecule has 0 bridgehead atoms. The maximum absolute atomic E-state index is 11.2. The van der Waals surface area contributed by atoms with E-state index in [2.05, 4.69) is 11.0 Å². The molecule has 0 spiro atoms. The van der Waals surface area contributed by atoms with Gasteiger partial charge in [0.2, 0.25) is 5.91 Å². The number of likely N-dealkylation sites (tertiary alicyclic amines) is 1. The quantitative estimate of drug-likeness (QED) is 0.513. The standard InChI is InChI=1S/C22H31N3O4/c1-28-19-9-8-17(15-20(19)29-18-5-2-3-6-18)22(16-23)10-13-25(14-11-22)12-4-7-21(26)24-27/h8-9,15,18,27H,2-7,10-14H2,1H3,(H,24,26). The van der Waals surface area contributed by atoms with Crippen LogP contribution in [0, 0.1) is 11.3 Å². The molecular weight excluding hydrogens is 370 g/mol. The first-order valence-corrected chi connectivity index (χ1v) is 10.5. The van der Waals surface area contributed by atoms with Crippen LogP contribution in [0.15, 0.2) is 18.2 Å². The number of hydroxylamine groups is 1. The van der Waals surface area contributed by atoms with E-state index >= 15 is 0 Å². The number of hydrogen-bond donors (Lipinski definition) is 2. The highest BCUT2D eigenvalue weighted by molar-refractivity contribution is 5.74. The molecule has 1 amide bonds. The minimum absolute atomic E-state index is 0.232. The molecule has 0 aromatic heterocycles. The van der Waals surface area contributed by atoms with Crippen LogP contribution < -0.4 is 15.0 Å². The number of piperidine rings is 1. The van der Waals surface area contributed by atoms with E-state index in [0.29, 0.717) is 18.6 Å². The first-order chi connectivity index (χ1) is 14.1. The average Bonchev–Trinajstić information content (AvgIpc) is 3.27. The van der Waals surface area contributed by atoms with Crippen molar-refractivity contribution in [1.82, 2.24) is 10.4 Å². The number of hydrogen-bond acceptors (Lipinski definition) is 6. The molecular formula is C22H31N3O4. The number of nitrogens with zero attached hydrogens (tertiary/aromatic N) is 2. The largest absolute Gasteiger partial charge is 0.493 e. The summed E-state index contributed by atoms with van der Waals surface area (Å²) in [6, 6.07) is 8.48. The molecule has 2 N–H and O–H groups in total. The fraction of sp³-hybridized carbons (Fsp3) is 0.636. The van der Waals surface area contributed by atoms with Crippen LogP contribution in [0.25, 0.3) is 0 Å². The van der Waals surface area contributed by atoms with Crippen molar-refractivity contribution in [2.45, 2.75) is 62.9 Å². The number of benzene rings is 1. The second-order valence-electron chi connectivity index (χ2n) is 8.06. The van der Waals surface area contributed by atoms with Crippen molar-refractivity contribution in [3.05, 3.63) is 23.8 Å². The zero-order valence-electron chi connectivity index (χ0n) is 17.2. The summed E-state index contributed by atoms with van der Waals surface area (Å²) < 4.78 is 11.7. The smallest absolute Gasteiger partial charge is 0.243 e. The molecule has 0 unspecified atom stereocenters. The second-order valence-corrected chi connectivity index (χ2v) is 8.06. The van der Waals surface area contributed by atoms with Crippen LogP contribution >= 0.6 is 0 Å². The van der Waals surface area contributed by atoms with E-state index in [1.54, 1.807) is 12.6 Å².